The molecule has 0 atom stereocenters. The van der Waals surface area contributed by atoms with Gasteiger partial charge in [-0.25, -0.2) is 9.59 Å². The van der Waals surface area contributed by atoms with Crippen LogP contribution >= 0.6 is 11.8 Å². The van der Waals surface area contributed by atoms with E-state index in [9.17, 15) is 9.59 Å². The van der Waals surface area contributed by atoms with Crippen LogP contribution < -0.4 is 0 Å². The monoisotopic (exact) mass is 445 g/mol. The number of rotatable bonds is 3. The maximum Gasteiger partial charge on any atom is 0.435 e. The van der Waals surface area contributed by atoms with E-state index in [4.69, 9.17) is 9.47 Å². The number of hydrogen-bond donors (Lipinski definition) is 0. The van der Waals surface area contributed by atoms with Crippen LogP contribution in [0.25, 0.3) is 0 Å². The van der Waals surface area contributed by atoms with Crippen molar-refractivity contribution in [3.8, 4) is 0 Å². The lowest BCUT2D eigenvalue weighted by Crippen LogP contribution is -2.41. The highest BCUT2D eigenvalue weighted by Gasteiger charge is 2.33. The second-order valence-electron chi connectivity index (χ2n) is 9.55. The third-order valence-corrected chi connectivity index (χ3v) is 5.54. The summed E-state index contributed by atoms with van der Waals surface area (Å²) in [6.07, 6.45) is -0.330. The zero-order valence-electron chi connectivity index (χ0n) is 19.1. The molecular formula is C23H31N3O4S. The number of carbonyl (C=O) groups excluding carboxylic acids is 2. The molecule has 0 saturated carbocycles. The lowest BCUT2D eigenvalue weighted by atomic mass is 10.1. The number of amides is 1. The average Bonchev–Trinajstić information content (AvgIpc) is 3.02. The van der Waals surface area contributed by atoms with Crippen molar-refractivity contribution in [3.63, 3.8) is 0 Å². The van der Waals surface area contributed by atoms with Gasteiger partial charge in [0.1, 0.15) is 16.2 Å². The summed E-state index contributed by atoms with van der Waals surface area (Å²) < 4.78 is 12.4. The van der Waals surface area contributed by atoms with E-state index in [0.717, 1.165) is 16.3 Å². The van der Waals surface area contributed by atoms with Crippen molar-refractivity contribution in [2.24, 2.45) is 0 Å². The summed E-state index contributed by atoms with van der Waals surface area (Å²) >= 11 is 1.59. The Hall–Kier alpha value is -2.48. The van der Waals surface area contributed by atoms with Crippen molar-refractivity contribution in [1.82, 2.24) is 14.7 Å². The fraction of sp³-hybridized carbons (Fsp3) is 0.522. The summed E-state index contributed by atoms with van der Waals surface area (Å²) in [5.41, 5.74) is 1.62. The first kappa shape index (κ1) is 23.2. The van der Waals surface area contributed by atoms with Gasteiger partial charge < -0.3 is 14.4 Å². The minimum absolute atomic E-state index is 0.252. The van der Waals surface area contributed by atoms with Crippen molar-refractivity contribution in [1.29, 1.82) is 0 Å². The summed E-state index contributed by atoms with van der Waals surface area (Å²) in [7, 11) is 0. The first-order chi connectivity index (χ1) is 14.4. The molecule has 0 aliphatic carbocycles. The van der Waals surface area contributed by atoms with E-state index in [1.54, 1.807) is 16.7 Å². The highest BCUT2D eigenvalue weighted by atomic mass is 32.2. The van der Waals surface area contributed by atoms with Crippen molar-refractivity contribution < 1.29 is 19.1 Å². The van der Waals surface area contributed by atoms with E-state index in [-0.39, 0.29) is 6.54 Å². The smallest absolute Gasteiger partial charge is 0.435 e. The first-order valence-corrected chi connectivity index (χ1v) is 11.4. The van der Waals surface area contributed by atoms with E-state index >= 15 is 0 Å². The number of thioether (sulfide) groups is 1. The van der Waals surface area contributed by atoms with Gasteiger partial charge in [-0.1, -0.05) is 42.1 Å². The van der Waals surface area contributed by atoms with Crippen LogP contribution in [-0.4, -0.2) is 44.6 Å². The Morgan fingerprint density at radius 1 is 1.00 bits per heavy atom. The largest absolute Gasteiger partial charge is 0.444 e. The normalized spacial score (nSPS) is 14.2. The Labute approximate surface area is 188 Å². The number of benzene rings is 1. The van der Waals surface area contributed by atoms with E-state index < -0.39 is 23.4 Å². The fourth-order valence-corrected chi connectivity index (χ4v) is 4.19. The minimum Gasteiger partial charge on any atom is -0.444 e. The second-order valence-corrected chi connectivity index (χ2v) is 10.5. The number of aromatic nitrogens is 2. The van der Waals surface area contributed by atoms with Crippen LogP contribution in [0.1, 0.15) is 58.4 Å². The van der Waals surface area contributed by atoms with Crippen molar-refractivity contribution in [3.05, 3.63) is 47.2 Å². The van der Waals surface area contributed by atoms with Crippen molar-refractivity contribution in [2.75, 3.05) is 6.54 Å². The van der Waals surface area contributed by atoms with Crippen LogP contribution in [0.5, 0.6) is 0 Å². The molecule has 0 bridgehead atoms. The molecule has 7 nitrogen and oxygen atoms in total. The van der Waals surface area contributed by atoms with Gasteiger partial charge in [0.05, 0.1) is 12.2 Å². The highest BCUT2D eigenvalue weighted by Crippen LogP contribution is 2.32. The van der Waals surface area contributed by atoms with E-state index in [2.05, 4.69) is 17.2 Å². The van der Waals surface area contributed by atoms with Crippen LogP contribution in [0.2, 0.25) is 0 Å². The van der Waals surface area contributed by atoms with Gasteiger partial charge in [0.25, 0.3) is 0 Å². The van der Waals surface area contributed by atoms with Gasteiger partial charge in [0, 0.05) is 17.9 Å². The van der Waals surface area contributed by atoms with Gasteiger partial charge in [-0.3, -0.25) is 0 Å². The Morgan fingerprint density at radius 2 is 1.61 bits per heavy atom. The fourth-order valence-electron chi connectivity index (χ4n) is 3.16. The Kier molecular flexibility index (Phi) is 6.69. The standard InChI is InChI=1S/C23H31N3O4S/c1-22(2,3)29-20(27)25-13-12-17-18(14-25)26(21(28)30-23(4,5)6)24-19(17)31-15-16-10-8-7-9-11-16/h7-11H,12-15H2,1-6H3. The predicted molar refractivity (Wildman–Crippen MR) is 120 cm³/mol. The number of hydrogen-bond acceptors (Lipinski definition) is 6. The maximum atomic E-state index is 12.9. The zero-order chi connectivity index (χ0) is 22.8. The van der Waals surface area contributed by atoms with Gasteiger partial charge in [-0.2, -0.15) is 9.78 Å². The Balaban J connectivity index is 1.87. The first-order valence-electron chi connectivity index (χ1n) is 10.4. The van der Waals surface area contributed by atoms with Gasteiger partial charge in [0.15, 0.2) is 0 Å². The molecule has 3 rings (SSSR count). The molecule has 0 spiro atoms. The molecule has 31 heavy (non-hydrogen) atoms. The quantitative estimate of drug-likeness (QED) is 0.601. The van der Waals surface area contributed by atoms with Crippen LogP contribution in [0.3, 0.4) is 0 Å². The van der Waals surface area contributed by atoms with Crippen LogP contribution in [0.15, 0.2) is 35.4 Å². The Bertz CT molecular complexity index is 942. The van der Waals surface area contributed by atoms with E-state index in [1.807, 2.05) is 59.7 Å². The summed E-state index contributed by atoms with van der Waals surface area (Å²) in [4.78, 5) is 27.1. The minimum atomic E-state index is -0.646. The zero-order valence-corrected chi connectivity index (χ0v) is 19.9. The molecule has 2 heterocycles. The number of fused-ring (bicyclic) bond motifs is 1. The molecule has 168 valence electrons. The topological polar surface area (TPSA) is 73.7 Å². The number of carbonyl (C=O) groups is 2. The molecule has 0 unspecified atom stereocenters. The lowest BCUT2D eigenvalue weighted by Gasteiger charge is -2.30. The van der Waals surface area contributed by atoms with Gasteiger partial charge in [0.2, 0.25) is 0 Å². The molecule has 0 radical (unpaired) electrons. The summed E-state index contributed by atoms with van der Waals surface area (Å²) in [5.74, 6) is 0.744. The molecule has 1 aliphatic heterocycles. The van der Waals surface area contributed by atoms with E-state index in [0.29, 0.717) is 18.7 Å². The molecule has 1 amide bonds. The third-order valence-electron chi connectivity index (χ3n) is 4.46. The number of ether oxygens (including phenoxy) is 2. The van der Waals surface area contributed by atoms with Crippen LogP contribution in [-0.2, 0) is 28.2 Å². The molecule has 0 N–H and O–H groups in total. The van der Waals surface area contributed by atoms with Gasteiger partial charge in [-0.15, -0.1) is 0 Å². The van der Waals surface area contributed by atoms with Gasteiger partial charge in [-0.05, 0) is 53.5 Å². The Morgan fingerprint density at radius 3 is 2.23 bits per heavy atom. The van der Waals surface area contributed by atoms with Crippen LogP contribution in [0, 0.1) is 0 Å². The molecule has 0 fully saturated rings. The third kappa shape index (κ3) is 6.26. The predicted octanol–water partition coefficient (Wildman–Crippen LogP) is 5.25. The molecule has 1 aromatic heterocycles. The maximum absolute atomic E-state index is 12.9. The molecule has 1 aliphatic rings. The van der Waals surface area contributed by atoms with Crippen LogP contribution in [0.4, 0.5) is 9.59 Å². The summed E-state index contributed by atoms with van der Waals surface area (Å²) in [6.45, 7) is 11.7. The average molecular weight is 446 g/mol. The highest BCUT2D eigenvalue weighted by molar-refractivity contribution is 7.98. The van der Waals surface area contributed by atoms with E-state index in [1.165, 1.54) is 10.2 Å². The SMILES string of the molecule is CC(C)(C)OC(=O)N1CCc2c(SCc3ccccc3)nn(C(=O)OC(C)(C)C)c2C1. The second kappa shape index (κ2) is 8.94. The molecule has 0 saturated heterocycles. The molecular weight excluding hydrogens is 414 g/mol. The van der Waals surface area contributed by atoms with Crippen molar-refractivity contribution >= 4 is 23.9 Å². The summed E-state index contributed by atoms with van der Waals surface area (Å²) in [6, 6.07) is 10.1. The molecule has 1 aromatic carbocycles. The molecule has 2 aromatic rings. The lowest BCUT2D eigenvalue weighted by molar-refractivity contribution is 0.0210. The molecule has 8 heteroatoms. The summed E-state index contributed by atoms with van der Waals surface area (Å²) in [5, 5.41) is 5.39. The van der Waals surface area contributed by atoms with Gasteiger partial charge >= 0.3 is 12.2 Å². The number of nitrogens with zero attached hydrogens (tertiary/aromatic N) is 3. The van der Waals surface area contributed by atoms with Crippen molar-refractivity contribution in [2.45, 2.75) is 76.5 Å².